The maximum atomic E-state index is 11.3. The first kappa shape index (κ1) is 25.5. The number of ether oxygens (including phenoxy) is 5. The molecule has 1 heterocycles. The van der Waals surface area contributed by atoms with Gasteiger partial charge < -0.3 is 29.0 Å². The molecule has 0 radical (unpaired) electrons. The van der Waals surface area contributed by atoms with Gasteiger partial charge in [0.25, 0.3) is 11.8 Å². The first-order chi connectivity index (χ1) is 15.6. The van der Waals surface area contributed by atoms with Crippen molar-refractivity contribution in [3.05, 3.63) is 36.4 Å². The normalized spacial score (nSPS) is 13.1. The molecule has 0 aromatic heterocycles. The van der Waals surface area contributed by atoms with Crippen molar-refractivity contribution >= 4 is 23.4 Å². The van der Waals surface area contributed by atoms with Gasteiger partial charge in [0.1, 0.15) is 12.4 Å². The number of hydrogen-bond acceptors (Lipinski definition) is 8. The van der Waals surface area contributed by atoms with Crippen LogP contribution in [0, 0.1) is 0 Å². The summed E-state index contributed by atoms with van der Waals surface area (Å²) in [5.74, 6) is -0.0261. The molecule has 176 valence electrons. The molecule has 0 aliphatic carbocycles. The number of nitrogens with zero attached hydrogens (tertiary/aromatic N) is 1. The second-order valence-electron chi connectivity index (χ2n) is 6.66. The molecular formula is C22H30N2O8. The van der Waals surface area contributed by atoms with Gasteiger partial charge in [0.2, 0.25) is 5.91 Å². The summed E-state index contributed by atoms with van der Waals surface area (Å²) in [5.41, 5.74) is 0.723. The summed E-state index contributed by atoms with van der Waals surface area (Å²) in [6, 6.07) is 7.12. The zero-order valence-corrected chi connectivity index (χ0v) is 18.2. The van der Waals surface area contributed by atoms with E-state index >= 15 is 0 Å². The molecule has 10 heteroatoms. The Bertz CT molecular complexity index is 733. The molecule has 1 N–H and O–H groups in total. The molecule has 0 saturated heterocycles. The minimum Gasteiger partial charge on any atom is -0.491 e. The molecule has 1 aliphatic heterocycles. The van der Waals surface area contributed by atoms with Crippen LogP contribution in [0.1, 0.15) is 6.92 Å². The van der Waals surface area contributed by atoms with Gasteiger partial charge in [-0.1, -0.05) is 0 Å². The average molecular weight is 450 g/mol. The highest BCUT2D eigenvalue weighted by atomic mass is 16.6. The second kappa shape index (κ2) is 15.1. The summed E-state index contributed by atoms with van der Waals surface area (Å²) in [5, 5.41) is 2.69. The first-order valence-corrected chi connectivity index (χ1v) is 10.4. The van der Waals surface area contributed by atoms with Gasteiger partial charge in [-0.3, -0.25) is 19.3 Å². The standard InChI is InChI=1S/C22H30N2O8/c1-18(25)23-19-2-4-20(5-3-19)32-17-16-31-15-14-30-13-12-29-11-10-28-9-8-24-21(26)6-7-22(24)27/h2-7H,8-17H2,1H3,(H,23,25). The fraction of sp³-hybridized carbons (Fsp3) is 0.500. The molecule has 0 atom stereocenters. The van der Waals surface area contributed by atoms with E-state index in [1.54, 1.807) is 24.3 Å². The lowest BCUT2D eigenvalue weighted by Crippen LogP contribution is -2.33. The smallest absolute Gasteiger partial charge is 0.253 e. The fourth-order valence-electron chi connectivity index (χ4n) is 2.63. The lowest BCUT2D eigenvalue weighted by atomic mass is 10.3. The van der Waals surface area contributed by atoms with Crippen LogP contribution in [0.15, 0.2) is 36.4 Å². The Kier molecular flexibility index (Phi) is 12.0. The molecule has 1 aliphatic rings. The zero-order valence-electron chi connectivity index (χ0n) is 18.2. The highest BCUT2D eigenvalue weighted by Gasteiger charge is 2.22. The number of anilines is 1. The number of carbonyl (C=O) groups is 3. The van der Waals surface area contributed by atoms with Gasteiger partial charge in [-0.15, -0.1) is 0 Å². The number of imide groups is 1. The van der Waals surface area contributed by atoms with Crippen molar-refractivity contribution in [3.63, 3.8) is 0 Å². The van der Waals surface area contributed by atoms with Crippen LogP contribution in [0.4, 0.5) is 5.69 Å². The largest absolute Gasteiger partial charge is 0.491 e. The van der Waals surface area contributed by atoms with Crippen LogP contribution in [0.5, 0.6) is 5.75 Å². The lowest BCUT2D eigenvalue weighted by Gasteiger charge is -2.13. The first-order valence-electron chi connectivity index (χ1n) is 10.4. The van der Waals surface area contributed by atoms with Gasteiger partial charge in [0, 0.05) is 24.8 Å². The Morgan fingerprint density at radius 2 is 1.22 bits per heavy atom. The predicted octanol–water partition coefficient (Wildman–Crippen LogP) is 1.02. The summed E-state index contributed by atoms with van der Waals surface area (Å²) < 4.78 is 27.1. The molecule has 3 amide bonds. The average Bonchev–Trinajstić information content (AvgIpc) is 3.09. The van der Waals surface area contributed by atoms with Crippen molar-refractivity contribution in [3.8, 4) is 5.75 Å². The van der Waals surface area contributed by atoms with Crippen LogP contribution in [-0.2, 0) is 33.3 Å². The Balaban J connectivity index is 1.31. The third kappa shape index (κ3) is 10.5. The van der Waals surface area contributed by atoms with Crippen LogP contribution in [0.3, 0.4) is 0 Å². The summed E-state index contributed by atoms with van der Waals surface area (Å²) in [4.78, 5) is 34.8. The molecule has 0 fully saturated rings. The van der Waals surface area contributed by atoms with Crippen molar-refractivity contribution in [1.82, 2.24) is 4.90 Å². The molecule has 1 aromatic carbocycles. The van der Waals surface area contributed by atoms with Gasteiger partial charge in [0.05, 0.1) is 59.4 Å². The van der Waals surface area contributed by atoms with E-state index in [1.807, 2.05) is 0 Å². The predicted molar refractivity (Wildman–Crippen MR) is 115 cm³/mol. The van der Waals surface area contributed by atoms with Gasteiger partial charge in [-0.2, -0.15) is 0 Å². The summed E-state index contributed by atoms with van der Waals surface area (Å²) in [6.45, 7) is 5.42. The molecule has 1 aromatic rings. The van der Waals surface area contributed by atoms with Gasteiger partial charge in [-0.05, 0) is 24.3 Å². The van der Waals surface area contributed by atoms with E-state index in [1.165, 1.54) is 19.1 Å². The van der Waals surface area contributed by atoms with Crippen molar-refractivity contribution in [1.29, 1.82) is 0 Å². The number of rotatable bonds is 17. The van der Waals surface area contributed by atoms with Crippen LogP contribution in [0.25, 0.3) is 0 Å². The number of hydrogen-bond donors (Lipinski definition) is 1. The number of carbonyl (C=O) groups excluding carboxylic acids is 3. The van der Waals surface area contributed by atoms with E-state index in [4.69, 9.17) is 23.7 Å². The van der Waals surface area contributed by atoms with E-state index in [-0.39, 0.29) is 30.9 Å². The van der Waals surface area contributed by atoms with Gasteiger partial charge >= 0.3 is 0 Å². The van der Waals surface area contributed by atoms with Crippen LogP contribution in [0.2, 0.25) is 0 Å². The van der Waals surface area contributed by atoms with E-state index in [0.717, 1.165) is 10.6 Å². The molecule has 2 rings (SSSR count). The van der Waals surface area contributed by atoms with Crippen LogP contribution in [-0.4, -0.2) is 88.6 Å². The SMILES string of the molecule is CC(=O)Nc1ccc(OCCOCCOCCOCCOCCN2C(=O)C=CC2=O)cc1. The van der Waals surface area contributed by atoms with E-state index < -0.39 is 0 Å². The number of amides is 3. The summed E-state index contributed by atoms with van der Waals surface area (Å²) in [7, 11) is 0. The molecular weight excluding hydrogens is 420 g/mol. The van der Waals surface area contributed by atoms with E-state index in [9.17, 15) is 14.4 Å². The Labute approximate surface area is 187 Å². The topological polar surface area (TPSA) is 113 Å². The highest BCUT2D eigenvalue weighted by Crippen LogP contribution is 2.15. The number of benzene rings is 1. The Morgan fingerprint density at radius 1 is 0.750 bits per heavy atom. The van der Waals surface area contributed by atoms with Crippen molar-refractivity contribution in [2.45, 2.75) is 6.92 Å². The maximum absolute atomic E-state index is 11.3. The van der Waals surface area contributed by atoms with Crippen LogP contribution >= 0.6 is 0 Å². The van der Waals surface area contributed by atoms with E-state index in [0.29, 0.717) is 58.6 Å². The fourth-order valence-corrected chi connectivity index (χ4v) is 2.63. The Hall–Kier alpha value is -2.79. The third-order valence-corrected chi connectivity index (χ3v) is 4.15. The van der Waals surface area contributed by atoms with Crippen molar-refractivity contribution < 1.29 is 38.1 Å². The quantitative estimate of drug-likeness (QED) is 0.277. The summed E-state index contributed by atoms with van der Waals surface area (Å²) in [6.07, 6.45) is 2.50. The Morgan fingerprint density at radius 3 is 1.72 bits per heavy atom. The van der Waals surface area contributed by atoms with Crippen molar-refractivity contribution in [2.75, 3.05) is 71.3 Å². The van der Waals surface area contributed by atoms with E-state index in [2.05, 4.69) is 5.32 Å². The number of nitrogens with one attached hydrogen (secondary N) is 1. The lowest BCUT2D eigenvalue weighted by molar-refractivity contribution is -0.137. The molecule has 0 bridgehead atoms. The monoisotopic (exact) mass is 450 g/mol. The molecule has 10 nitrogen and oxygen atoms in total. The molecule has 32 heavy (non-hydrogen) atoms. The third-order valence-electron chi connectivity index (χ3n) is 4.15. The second-order valence-corrected chi connectivity index (χ2v) is 6.66. The molecule has 0 saturated carbocycles. The highest BCUT2D eigenvalue weighted by molar-refractivity contribution is 6.12. The zero-order chi connectivity index (χ0) is 23.0. The van der Waals surface area contributed by atoms with Crippen molar-refractivity contribution in [2.24, 2.45) is 0 Å². The van der Waals surface area contributed by atoms with Gasteiger partial charge in [0.15, 0.2) is 0 Å². The minimum atomic E-state index is -0.307. The summed E-state index contributed by atoms with van der Waals surface area (Å²) >= 11 is 0. The van der Waals surface area contributed by atoms with Gasteiger partial charge in [-0.25, -0.2) is 0 Å². The van der Waals surface area contributed by atoms with Crippen LogP contribution < -0.4 is 10.1 Å². The maximum Gasteiger partial charge on any atom is 0.253 e. The minimum absolute atomic E-state index is 0.115. The molecule has 0 spiro atoms. The molecule has 0 unspecified atom stereocenters.